The van der Waals surface area contributed by atoms with Crippen LogP contribution in [0.15, 0.2) is 66.3 Å². The van der Waals surface area contributed by atoms with Crippen molar-refractivity contribution >= 4 is 28.3 Å². The first-order valence-electron chi connectivity index (χ1n) is 9.74. The van der Waals surface area contributed by atoms with Crippen LogP contribution in [0.1, 0.15) is 21.6 Å². The molecule has 4 heterocycles. The molecule has 0 spiro atoms. The summed E-state index contributed by atoms with van der Waals surface area (Å²) in [6, 6.07) is 15.4. The third-order valence-electron chi connectivity index (χ3n) is 5.04. The molecule has 0 aliphatic heterocycles. The van der Waals surface area contributed by atoms with Gasteiger partial charge >= 0.3 is 5.97 Å². The molecule has 0 saturated heterocycles. The molecule has 0 amide bonds. The number of aromatic nitrogens is 5. The fourth-order valence-electron chi connectivity index (χ4n) is 3.55. The monoisotopic (exact) mass is 429 g/mol. The summed E-state index contributed by atoms with van der Waals surface area (Å²) < 4.78 is 9.15. The molecule has 5 aromatic rings. The molecular formula is C23H19N5O2S. The lowest BCUT2D eigenvalue weighted by atomic mass is 10.1. The van der Waals surface area contributed by atoms with Crippen molar-refractivity contribution in [2.75, 3.05) is 0 Å². The van der Waals surface area contributed by atoms with E-state index in [1.807, 2.05) is 68.0 Å². The number of ether oxygens (including phenoxy) is 1. The molecule has 5 rings (SSSR count). The highest BCUT2D eigenvalue weighted by molar-refractivity contribution is 7.13. The third-order valence-corrected chi connectivity index (χ3v) is 5.93. The Morgan fingerprint density at radius 3 is 2.71 bits per heavy atom. The minimum Gasteiger partial charge on any atom is -0.457 e. The first kappa shape index (κ1) is 19.2. The van der Waals surface area contributed by atoms with E-state index in [0.29, 0.717) is 11.2 Å². The molecule has 0 unspecified atom stereocenters. The molecule has 4 aromatic heterocycles. The van der Waals surface area contributed by atoms with Crippen molar-refractivity contribution in [3.05, 3.63) is 83.1 Å². The van der Waals surface area contributed by atoms with Gasteiger partial charge in [-0.15, -0.1) is 11.3 Å². The van der Waals surface area contributed by atoms with Gasteiger partial charge in [-0.05, 0) is 48.2 Å². The van der Waals surface area contributed by atoms with Gasteiger partial charge in [0.05, 0.1) is 32.9 Å². The second-order valence-electron chi connectivity index (χ2n) is 7.13. The second-order valence-corrected chi connectivity index (χ2v) is 8.08. The average Bonchev–Trinajstić information content (AvgIpc) is 3.55. The summed E-state index contributed by atoms with van der Waals surface area (Å²) in [5.74, 6) is -0.391. The number of hydrogen-bond donors (Lipinski definition) is 0. The van der Waals surface area contributed by atoms with Gasteiger partial charge in [0.2, 0.25) is 0 Å². The van der Waals surface area contributed by atoms with Crippen molar-refractivity contribution in [2.24, 2.45) is 7.05 Å². The molecule has 0 aliphatic rings. The summed E-state index contributed by atoms with van der Waals surface area (Å²) in [7, 11) is 1.83. The zero-order valence-electron chi connectivity index (χ0n) is 17.0. The van der Waals surface area contributed by atoms with Gasteiger partial charge in [0.25, 0.3) is 0 Å². The van der Waals surface area contributed by atoms with Crippen molar-refractivity contribution < 1.29 is 9.53 Å². The van der Waals surface area contributed by atoms with E-state index in [0.717, 1.165) is 32.9 Å². The van der Waals surface area contributed by atoms with E-state index in [4.69, 9.17) is 9.72 Å². The van der Waals surface area contributed by atoms with E-state index in [1.165, 1.54) is 0 Å². The van der Waals surface area contributed by atoms with Gasteiger partial charge in [-0.25, -0.2) is 14.5 Å². The number of hydrogen-bond acceptors (Lipinski definition) is 6. The molecule has 31 heavy (non-hydrogen) atoms. The van der Waals surface area contributed by atoms with Crippen LogP contribution in [0.5, 0.6) is 0 Å². The van der Waals surface area contributed by atoms with Crippen LogP contribution < -0.4 is 0 Å². The summed E-state index contributed by atoms with van der Waals surface area (Å²) in [5, 5.41) is 11.4. The SMILES string of the molecule is Cc1nn(C)c2nc(-c3cccs3)cc(C(=O)OCc3ccc(-n4cccn4)cc3)c12. The number of aryl methyl sites for hydroxylation is 2. The van der Waals surface area contributed by atoms with Crippen LogP contribution in [0.3, 0.4) is 0 Å². The van der Waals surface area contributed by atoms with Crippen molar-refractivity contribution in [3.8, 4) is 16.3 Å². The van der Waals surface area contributed by atoms with Crippen molar-refractivity contribution in [3.63, 3.8) is 0 Å². The van der Waals surface area contributed by atoms with Crippen LogP contribution >= 0.6 is 11.3 Å². The Morgan fingerprint density at radius 1 is 1.16 bits per heavy atom. The molecule has 8 heteroatoms. The normalized spacial score (nSPS) is 11.2. The van der Waals surface area contributed by atoms with E-state index in [-0.39, 0.29) is 6.61 Å². The fourth-order valence-corrected chi connectivity index (χ4v) is 4.24. The van der Waals surface area contributed by atoms with Crippen LogP contribution in [-0.2, 0) is 18.4 Å². The summed E-state index contributed by atoms with van der Waals surface area (Å²) in [4.78, 5) is 18.8. The maximum Gasteiger partial charge on any atom is 0.339 e. The number of carbonyl (C=O) groups is 1. The third kappa shape index (κ3) is 3.62. The molecule has 0 saturated carbocycles. The van der Waals surface area contributed by atoms with Gasteiger partial charge in [-0.1, -0.05) is 18.2 Å². The molecule has 0 bridgehead atoms. The Kier molecular flexibility index (Phi) is 4.83. The molecule has 0 fully saturated rings. The zero-order chi connectivity index (χ0) is 21.4. The summed E-state index contributed by atoms with van der Waals surface area (Å²) in [5.41, 5.74) is 4.48. The highest BCUT2D eigenvalue weighted by Gasteiger charge is 2.20. The molecule has 7 nitrogen and oxygen atoms in total. The standard InChI is InChI=1S/C23H19N5O2S/c1-15-21-18(13-19(20-5-3-12-31-20)25-22(21)27(2)26-15)23(29)30-14-16-6-8-17(9-7-16)28-11-4-10-24-28/h3-13H,14H2,1-2H3. The largest absolute Gasteiger partial charge is 0.457 e. The number of nitrogens with zero attached hydrogens (tertiary/aromatic N) is 5. The van der Waals surface area contributed by atoms with Gasteiger partial charge < -0.3 is 4.74 Å². The number of rotatable bonds is 5. The molecule has 0 radical (unpaired) electrons. The molecule has 0 atom stereocenters. The van der Waals surface area contributed by atoms with Gasteiger partial charge in [-0.3, -0.25) is 4.68 Å². The van der Waals surface area contributed by atoms with Crippen molar-refractivity contribution in [1.82, 2.24) is 24.5 Å². The number of esters is 1. The van der Waals surface area contributed by atoms with Crippen LogP contribution in [0.4, 0.5) is 0 Å². The van der Waals surface area contributed by atoms with Crippen LogP contribution in [0, 0.1) is 6.92 Å². The lowest BCUT2D eigenvalue weighted by Gasteiger charge is -2.09. The van der Waals surface area contributed by atoms with Gasteiger partial charge in [0.15, 0.2) is 5.65 Å². The number of thiophene rings is 1. The molecule has 0 N–H and O–H groups in total. The number of pyridine rings is 1. The Labute approximate surface area is 182 Å². The van der Waals surface area contributed by atoms with Crippen molar-refractivity contribution in [1.29, 1.82) is 0 Å². The fraction of sp³-hybridized carbons (Fsp3) is 0.130. The minimum atomic E-state index is -0.391. The topological polar surface area (TPSA) is 74.8 Å². The summed E-state index contributed by atoms with van der Waals surface area (Å²) >= 11 is 1.58. The van der Waals surface area contributed by atoms with Crippen LogP contribution in [0.25, 0.3) is 27.3 Å². The first-order chi connectivity index (χ1) is 15.1. The smallest absolute Gasteiger partial charge is 0.339 e. The first-order valence-corrected chi connectivity index (χ1v) is 10.6. The quantitative estimate of drug-likeness (QED) is 0.383. The lowest BCUT2D eigenvalue weighted by molar-refractivity contribution is 0.0475. The highest BCUT2D eigenvalue weighted by atomic mass is 32.1. The maximum absolute atomic E-state index is 13.1. The Bertz CT molecular complexity index is 1350. The minimum absolute atomic E-state index is 0.176. The van der Waals surface area contributed by atoms with E-state index in [9.17, 15) is 4.79 Å². The highest BCUT2D eigenvalue weighted by Crippen LogP contribution is 2.29. The predicted octanol–water partition coefficient (Wildman–Crippen LogP) is 4.55. The molecular weight excluding hydrogens is 410 g/mol. The van der Waals surface area contributed by atoms with Crippen LogP contribution in [-0.4, -0.2) is 30.5 Å². The van der Waals surface area contributed by atoms with Crippen molar-refractivity contribution in [2.45, 2.75) is 13.5 Å². The van der Waals surface area contributed by atoms with E-state index < -0.39 is 5.97 Å². The number of carbonyl (C=O) groups excluding carboxylic acids is 1. The van der Waals surface area contributed by atoms with Gasteiger partial charge in [-0.2, -0.15) is 10.2 Å². The Hall–Kier alpha value is -3.78. The number of fused-ring (bicyclic) bond motifs is 1. The van der Waals surface area contributed by atoms with Gasteiger partial charge in [0, 0.05) is 19.4 Å². The lowest BCUT2D eigenvalue weighted by Crippen LogP contribution is -2.07. The predicted molar refractivity (Wildman–Crippen MR) is 119 cm³/mol. The number of benzene rings is 1. The van der Waals surface area contributed by atoms with Gasteiger partial charge in [0.1, 0.15) is 6.61 Å². The van der Waals surface area contributed by atoms with E-state index >= 15 is 0 Å². The zero-order valence-corrected chi connectivity index (χ0v) is 17.8. The summed E-state index contributed by atoms with van der Waals surface area (Å²) in [6.07, 6.45) is 3.61. The van der Waals surface area contributed by atoms with E-state index in [2.05, 4.69) is 10.2 Å². The van der Waals surface area contributed by atoms with E-state index in [1.54, 1.807) is 33.0 Å². The van der Waals surface area contributed by atoms with Crippen LogP contribution in [0.2, 0.25) is 0 Å². The average molecular weight is 430 g/mol. The summed E-state index contributed by atoms with van der Waals surface area (Å²) in [6.45, 7) is 2.05. The second kappa shape index (κ2) is 7.81. The Morgan fingerprint density at radius 2 is 2.00 bits per heavy atom. The maximum atomic E-state index is 13.1. The molecule has 0 aliphatic carbocycles. The molecule has 1 aromatic carbocycles. The molecule has 154 valence electrons. The Balaban J connectivity index is 1.43.